The summed E-state index contributed by atoms with van der Waals surface area (Å²) in [7, 11) is -4.42. The molecule has 1 N–H and O–H groups in total. The van der Waals surface area contributed by atoms with Crippen LogP contribution in [0.25, 0.3) is 16.9 Å². The average molecular weight is 699 g/mol. The predicted octanol–water partition coefficient (Wildman–Crippen LogP) is 5.32. The summed E-state index contributed by atoms with van der Waals surface area (Å²) in [6, 6.07) is 12.4. The maximum absolute atomic E-state index is 13.5. The lowest BCUT2D eigenvalue weighted by Crippen LogP contribution is -2.52. The molecule has 4 rings (SSSR count). The molecule has 0 bridgehead atoms. The van der Waals surface area contributed by atoms with E-state index in [4.69, 9.17) is 19.0 Å². The number of halogens is 3. The van der Waals surface area contributed by atoms with Gasteiger partial charge in [0.1, 0.15) is 5.60 Å². The third kappa shape index (κ3) is 9.49. The van der Waals surface area contributed by atoms with Crippen LogP contribution >= 0.6 is 0 Å². The molecule has 1 unspecified atom stereocenters. The number of sulfonamides is 1. The van der Waals surface area contributed by atoms with Crippen LogP contribution in [0.3, 0.4) is 0 Å². The molecule has 48 heavy (non-hydrogen) atoms. The van der Waals surface area contributed by atoms with E-state index in [0.29, 0.717) is 5.56 Å². The number of alkyl halides is 3. The summed E-state index contributed by atoms with van der Waals surface area (Å²) in [6.07, 6.45) is -8.22. The van der Waals surface area contributed by atoms with Crippen molar-refractivity contribution >= 4 is 22.3 Å². The molecule has 1 fully saturated rings. The SMILES string of the molecule is Cc1ccc(-c2cc(C(F)(F)F)nn2-c2ccc(S(=O)(=O)NC(=O)OCC3CN([N+]([O-])=NOC(C)OC(=O)OC(C)(C)C)C3)cc2)cc1. The lowest BCUT2D eigenvalue weighted by molar-refractivity contribution is -0.728. The van der Waals surface area contributed by atoms with E-state index in [2.05, 4.69) is 10.4 Å². The number of hydrazine groups is 1. The fraction of sp³-hybridized carbons (Fsp3) is 0.414. The van der Waals surface area contributed by atoms with Gasteiger partial charge in [-0.25, -0.2) is 27.4 Å². The van der Waals surface area contributed by atoms with E-state index < -0.39 is 46.0 Å². The van der Waals surface area contributed by atoms with Crippen LogP contribution in [0.4, 0.5) is 22.8 Å². The fourth-order valence-corrected chi connectivity index (χ4v) is 5.07. The molecule has 1 amide bonds. The fourth-order valence-electron chi connectivity index (χ4n) is 4.18. The Morgan fingerprint density at radius 2 is 1.73 bits per heavy atom. The summed E-state index contributed by atoms with van der Waals surface area (Å²) >= 11 is 0. The second-order valence-electron chi connectivity index (χ2n) is 11.7. The van der Waals surface area contributed by atoms with Crippen LogP contribution in [0.15, 0.2) is 64.8 Å². The zero-order valence-corrected chi connectivity index (χ0v) is 27.2. The average Bonchev–Trinajstić information content (AvgIpc) is 3.41. The highest BCUT2D eigenvalue weighted by Gasteiger charge is 2.36. The van der Waals surface area contributed by atoms with Crippen molar-refractivity contribution in [1.29, 1.82) is 0 Å². The molecule has 0 spiro atoms. The molecule has 1 aliphatic heterocycles. The number of aryl methyl sites for hydroxylation is 1. The molecule has 260 valence electrons. The van der Waals surface area contributed by atoms with Crippen molar-refractivity contribution in [2.24, 2.45) is 11.2 Å². The van der Waals surface area contributed by atoms with Gasteiger partial charge < -0.3 is 19.4 Å². The molecule has 1 saturated heterocycles. The molecule has 2 aromatic carbocycles. The zero-order chi connectivity index (χ0) is 35.4. The summed E-state index contributed by atoms with van der Waals surface area (Å²) in [6.45, 7) is 8.03. The Kier molecular flexibility index (Phi) is 10.4. The van der Waals surface area contributed by atoms with Gasteiger partial charge in [0.2, 0.25) is 5.28 Å². The highest BCUT2D eigenvalue weighted by atomic mass is 32.2. The number of hydrogen-bond donors (Lipinski definition) is 1. The third-order valence-electron chi connectivity index (χ3n) is 6.50. The summed E-state index contributed by atoms with van der Waals surface area (Å²) in [5.41, 5.74) is -0.265. The molecule has 0 aliphatic carbocycles. The van der Waals surface area contributed by atoms with Crippen LogP contribution in [-0.4, -0.2) is 72.0 Å². The van der Waals surface area contributed by atoms with Crippen molar-refractivity contribution in [1.82, 2.24) is 19.5 Å². The Morgan fingerprint density at radius 1 is 1.10 bits per heavy atom. The Balaban J connectivity index is 1.29. The van der Waals surface area contributed by atoms with Crippen LogP contribution < -0.4 is 4.72 Å². The van der Waals surface area contributed by atoms with Crippen LogP contribution in [0.1, 0.15) is 39.0 Å². The van der Waals surface area contributed by atoms with Crippen molar-refractivity contribution in [3.63, 3.8) is 0 Å². The maximum atomic E-state index is 13.5. The Bertz CT molecular complexity index is 1750. The van der Waals surface area contributed by atoms with E-state index in [1.54, 1.807) is 49.8 Å². The molecule has 1 aromatic heterocycles. The minimum Gasteiger partial charge on any atom is -0.569 e. The number of ether oxygens (including phenoxy) is 3. The van der Waals surface area contributed by atoms with Gasteiger partial charge >= 0.3 is 18.4 Å². The first-order chi connectivity index (χ1) is 22.3. The normalized spacial score (nSPS) is 14.9. The predicted molar refractivity (Wildman–Crippen MR) is 159 cm³/mol. The van der Waals surface area contributed by atoms with Crippen molar-refractivity contribution in [3.8, 4) is 16.9 Å². The number of nitrogens with zero attached hydrogens (tertiary/aromatic N) is 5. The van der Waals surface area contributed by atoms with E-state index in [1.165, 1.54) is 24.1 Å². The summed E-state index contributed by atoms with van der Waals surface area (Å²) in [5.74, 6) is -0.335. The number of carbonyl (C=O) groups excluding carboxylic acids is 2. The van der Waals surface area contributed by atoms with Crippen LogP contribution in [-0.2, 0) is 35.2 Å². The third-order valence-corrected chi connectivity index (χ3v) is 7.83. The Labute approximate surface area is 273 Å². The second kappa shape index (κ2) is 14.0. The van der Waals surface area contributed by atoms with Gasteiger partial charge in [-0.2, -0.15) is 18.3 Å². The maximum Gasteiger partial charge on any atom is 0.511 e. The van der Waals surface area contributed by atoms with Crippen LogP contribution in [0, 0.1) is 18.0 Å². The largest absolute Gasteiger partial charge is 0.569 e. The minimum atomic E-state index is -4.72. The molecule has 3 aromatic rings. The standard InChI is InChI=1S/C29H33F3N6O9S/c1-18-6-8-21(9-7-18)24-14-25(29(30,31)32)33-37(24)22-10-12-23(13-11-22)48(42,43)34-26(39)44-17-20-15-36(16-20)38(41)35-47-19(2)45-27(40)46-28(3,4)5/h6-14,19-20H,15-17H2,1-5H3,(H,34,39). The minimum absolute atomic E-state index is 0.0905. The highest BCUT2D eigenvalue weighted by molar-refractivity contribution is 7.90. The van der Waals surface area contributed by atoms with Gasteiger partial charge in [-0.1, -0.05) is 29.8 Å². The van der Waals surface area contributed by atoms with Gasteiger partial charge in [0, 0.05) is 18.4 Å². The lowest BCUT2D eigenvalue weighted by atomic mass is 10.0. The number of carbonyl (C=O) groups is 2. The van der Waals surface area contributed by atoms with Gasteiger partial charge in [-0.05, 0) is 58.0 Å². The van der Waals surface area contributed by atoms with Crippen LogP contribution in [0.5, 0.6) is 0 Å². The molecule has 1 atom stereocenters. The number of rotatable bonds is 10. The number of nitrogens with one attached hydrogen (secondary N) is 1. The van der Waals surface area contributed by atoms with E-state index in [1.807, 2.05) is 6.92 Å². The molecule has 1 aliphatic rings. The lowest BCUT2D eigenvalue weighted by Gasteiger charge is -2.33. The van der Waals surface area contributed by atoms with Crippen LogP contribution in [0.2, 0.25) is 0 Å². The molecule has 0 radical (unpaired) electrons. The van der Waals surface area contributed by atoms with Crippen molar-refractivity contribution in [2.75, 3.05) is 19.7 Å². The van der Waals surface area contributed by atoms with Gasteiger partial charge in [-0.15, -0.1) is 5.01 Å². The molecule has 15 nitrogen and oxygen atoms in total. The topological polar surface area (TPSA) is 177 Å². The van der Waals surface area contributed by atoms with E-state index >= 15 is 0 Å². The molecule has 2 heterocycles. The number of amides is 1. The van der Waals surface area contributed by atoms with Gasteiger partial charge in [0.05, 0.1) is 40.9 Å². The van der Waals surface area contributed by atoms with Crippen molar-refractivity contribution < 1.29 is 55.2 Å². The summed E-state index contributed by atoms with van der Waals surface area (Å²) in [5, 5.41) is 20.2. The molecule has 0 saturated carbocycles. The molecular weight excluding hydrogens is 665 g/mol. The summed E-state index contributed by atoms with van der Waals surface area (Å²) < 4.78 is 83.6. The zero-order valence-electron chi connectivity index (χ0n) is 26.4. The number of hydrogen-bond acceptors (Lipinski definition) is 11. The smallest absolute Gasteiger partial charge is 0.511 e. The number of aromatic nitrogens is 2. The summed E-state index contributed by atoms with van der Waals surface area (Å²) in [4.78, 5) is 28.5. The second-order valence-corrected chi connectivity index (χ2v) is 13.4. The molecular formula is C29H33F3N6O9S. The monoisotopic (exact) mass is 698 g/mol. The number of benzene rings is 2. The van der Waals surface area contributed by atoms with E-state index in [0.717, 1.165) is 28.4 Å². The van der Waals surface area contributed by atoms with Gasteiger partial charge in [0.25, 0.3) is 16.3 Å². The first-order valence-corrected chi connectivity index (χ1v) is 15.8. The van der Waals surface area contributed by atoms with Gasteiger partial charge in [-0.3, -0.25) is 4.84 Å². The quantitative estimate of drug-likeness (QED) is 0.0953. The van der Waals surface area contributed by atoms with E-state index in [-0.39, 0.29) is 46.9 Å². The van der Waals surface area contributed by atoms with Gasteiger partial charge in [0.15, 0.2) is 5.69 Å². The first-order valence-electron chi connectivity index (χ1n) is 14.3. The first kappa shape index (κ1) is 35.8. The Morgan fingerprint density at radius 3 is 2.31 bits per heavy atom. The Hall–Kier alpha value is -5.07. The van der Waals surface area contributed by atoms with Crippen molar-refractivity contribution in [2.45, 2.75) is 57.6 Å². The highest BCUT2D eigenvalue weighted by Crippen LogP contribution is 2.33. The van der Waals surface area contributed by atoms with E-state index in [9.17, 15) is 36.4 Å². The molecule has 19 heteroatoms. The van der Waals surface area contributed by atoms with Crippen molar-refractivity contribution in [3.05, 3.63) is 71.1 Å².